The van der Waals surface area contributed by atoms with Crippen LogP contribution in [0, 0.1) is 0 Å². The summed E-state index contributed by atoms with van der Waals surface area (Å²) in [5, 5.41) is 3.68. The predicted molar refractivity (Wildman–Crippen MR) is 101 cm³/mol. The summed E-state index contributed by atoms with van der Waals surface area (Å²) >= 11 is 7.78. The number of benzene rings is 1. The van der Waals surface area contributed by atoms with Crippen molar-refractivity contribution in [1.82, 2.24) is 15.1 Å². The molecule has 0 aliphatic carbocycles. The first-order valence-corrected chi connectivity index (χ1v) is 10.2. The minimum atomic E-state index is 0.0192. The molecular weight excluding hydrogens is 358 g/mol. The molecule has 0 saturated carbocycles. The van der Waals surface area contributed by atoms with Gasteiger partial charge in [-0.3, -0.25) is 9.59 Å². The zero-order chi connectivity index (χ0) is 17.8. The second-order valence-corrected chi connectivity index (χ2v) is 8.13. The molecule has 0 bridgehead atoms. The van der Waals surface area contributed by atoms with Crippen molar-refractivity contribution in [2.24, 2.45) is 0 Å². The summed E-state index contributed by atoms with van der Waals surface area (Å²) in [7, 11) is 0. The Balaban J connectivity index is 1.76. The van der Waals surface area contributed by atoms with Crippen molar-refractivity contribution in [2.45, 2.75) is 30.7 Å². The monoisotopic (exact) mass is 381 g/mol. The minimum absolute atomic E-state index is 0.0192. The Morgan fingerprint density at radius 2 is 2.24 bits per heavy atom. The number of rotatable bonds is 4. The first kappa shape index (κ1) is 18.5. The van der Waals surface area contributed by atoms with Crippen LogP contribution in [0.1, 0.15) is 30.1 Å². The van der Waals surface area contributed by atoms with Gasteiger partial charge in [-0.1, -0.05) is 18.5 Å². The van der Waals surface area contributed by atoms with Crippen LogP contribution in [0.3, 0.4) is 0 Å². The molecule has 2 aliphatic heterocycles. The number of nitrogens with zero attached hydrogens (tertiary/aromatic N) is 2. The molecule has 1 aromatic carbocycles. The molecule has 1 aromatic rings. The molecule has 1 atom stereocenters. The van der Waals surface area contributed by atoms with E-state index in [2.05, 4.69) is 12.2 Å². The molecule has 136 valence electrons. The number of piperazine rings is 1. The Bertz CT molecular complexity index is 655. The number of amides is 2. The second kappa shape index (κ2) is 8.43. The third-order valence-electron chi connectivity index (χ3n) is 4.72. The second-order valence-electron chi connectivity index (χ2n) is 6.38. The topological polar surface area (TPSA) is 52.7 Å². The number of likely N-dealkylation sites (tertiary alicyclic amines) is 1. The van der Waals surface area contributed by atoms with Gasteiger partial charge in [0.2, 0.25) is 5.91 Å². The number of hydrogen-bond donors (Lipinski definition) is 1. The highest BCUT2D eigenvalue weighted by molar-refractivity contribution is 7.99. The lowest BCUT2D eigenvalue weighted by Gasteiger charge is -2.41. The number of carbonyl (C=O) groups is 2. The number of piperidine rings is 1. The van der Waals surface area contributed by atoms with Crippen LogP contribution in [-0.4, -0.2) is 66.1 Å². The lowest BCUT2D eigenvalue weighted by atomic mass is 10.0. The van der Waals surface area contributed by atoms with E-state index < -0.39 is 0 Å². The maximum atomic E-state index is 13.1. The van der Waals surface area contributed by atoms with E-state index in [1.165, 1.54) is 0 Å². The quantitative estimate of drug-likeness (QED) is 0.814. The van der Waals surface area contributed by atoms with Crippen molar-refractivity contribution in [2.75, 3.05) is 38.5 Å². The molecule has 1 unspecified atom stereocenters. The molecule has 7 heteroatoms. The predicted octanol–water partition coefficient (Wildman–Crippen LogP) is 2.49. The Morgan fingerprint density at radius 3 is 3.00 bits per heavy atom. The van der Waals surface area contributed by atoms with Crippen LogP contribution in [0.25, 0.3) is 0 Å². The van der Waals surface area contributed by atoms with E-state index in [1.54, 1.807) is 17.8 Å². The number of carbonyl (C=O) groups excluding carboxylic acids is 2. The highest BCUT2D eigenvalue weighted by atomic mass is 35.5. The van der Waals surface area contributed by atoms with E-state index >= 15 is 0 Å². The van der Waals surface area contributed by atoms with Gasteiger partial charge >= 0.3 is 0 Å². The Kier molecular flexibility index (Phi) is 6.25. The van der Waals surface area contributed by atoms with Crippen LogP contribution in [0.2, 0.25) is 5.02 Å². The third kappa shape index (κ3) is 4.30. The molecule has 0 radical (unpaired) electrons. The van der Waals surface area contributed by atoms with Crippen molar-refractivity contribution in [3.05, 3.63) is 28.8 Å². The van der Waals surface area contributed by atoms with E-state index in [-0.39, 0.29) is 17.9 Å². The van der Waals surface area contributed by atoms with E-state index in [0.29, 0.717) is 23.7 Å². The first-order valence-electron chi connectivity index (χ1n) is 8.82. The largest absolute Gasteiger partial charge is 0.337 e. The molecule has 2 amide bonds. The van der Waals surface area contributed by atoms with Gasteiger partial charge < -0.3 is 15.1 Å². The Morgan fingerprint density at radius 1 is 1.40 bits per heavy atom. The van der Waals surface area contributed by atoms with Gasteiger partial charge in [0.05, 0.1) is 12.1 Å². The Hall–Kier alpha value is -1.24. The van der Waals surface area contributed by atoms with E-state index in [1.807, 2.05) is 21.9 Å². The molecule has 25 heavy (non-hydrogen) atoms. The van der Waals surface area contributed by atoms with Gasteiger partial charge in [-0.25, -0.2) is 0 Å². The van der Waals surface area contributed by atoms with E-state index in [0.717, 1.165) is 43.1 Å². The fourth-order valence-electron chi connectivity index (χ4n) is 3.52. The number of hydrogen-bond acceptors (Lipinski definition) is 4. The molecule has 0 aromatic heterocycles. The zero-order valence-corrected chi connectivity index (χ0v) is 16.0. The molecule has 2 fully saturated rings. The van der Waals surface area contributed by atoms with Gasteiger partial charge in [0, 0.05) is 42.1 Å². The molecule has 2 heterocycles. The summed E-state index contributed by atoms with van der Waals surface area (Å²) in [5.41, 5.74) is 0.673. The van der Waals surface area contributed by atoms with Crippen LogP contribution in [-0.2, 0) is 4.79 Å². The number of nitrogens with one attached hydrogen (secondary N) is 1. The average Bonchev–Trinajstić information content (AvgIpc) is 2.63. The lowest BCUT2D eigenvalue weighted by molar-refractivity contribution is -0.135. The molecule has 1 N–H and O–H groups in total. The first-order chi connectivity index (χ1) is 12.1. The van der Waals surface area contributed by atoms with E-state index in [4.69, 9.17) is 11.6 Å². The van der Waals surface area contributed by atoms with Crippen molar-refractivity contribution >= 4 is 35.2 Å². The van der Waals surface area contributed by atoms with Crippen LogP contribution in [0.4, 0.5) is 0 Å². The summed E-state index contributed by atoms with van der Waals surface area (Å²) in [6, 6.07) is 5.63. The van der Waals surface area contributed by atoms with Crippen molar-refractivity contribution in [3.63, 3.8) is 0 Å². The number of halogens is 1. The standard InChI is InChI=1S/C18H24ClN3O2S/c1-2-25-16-6-5-13(19)10-15(16)18(24)21-8-3-4-14(12-21)22-9-7-20-11-17(22)23/h5-6,10,14,20H,2-4,7-9,11-12H2,1H3. The summed E-state index contributed by atoms with van der Waals surface area (Å²) in [5.74, 6) is 1.06. The van der Waals surface area contributed by atoms with Gasteiger partial charge in [0.25, 0.3) is 5.91 Å². The third-order valence-corrected chi connectivity index (χ3v) is 5.91. The molecule has 2 aliphatic rings. The molecule has 3 rings (SSSR count). The van der Waals surface area contributed by atoms with Gasteiger partial charge in [0.15, 0.2) is 0 Å². The fourth-order valence-corrected chi connectivity index (χ4v) is 4.47. The van der Waals surface area contributed by atoms with Gasteiger partial charge in [-0.15, -0.1) is 11.8 Å². The van der Waals surface area contributed by atoms with Crippen LogP contribution < -0.4 is 5.32 Å². The van der Waals surface area contributed by atoms with Crippen LogP contribution in [0.15, 0.2) is 23.1 Å². The Labute approximate surface area is 158 Å². The maximum Gasteiger partial charge on any atom is 0.255 e. The molecule has 0 spiro atoms. The lowest BCUT2D eigenvalue weighted by Crippen LogP contribution is -2.57. The van der Waals surface area contributed by atoms with Crippen molar-refractivity contribution < 1.29 is 9.59 Å². The normalized spacial score (nSPS) is 21.5. The molecule has 5 nitrogen and oxygen atoms in total. The average molecular weight is 382 g/mol. The van der Waals surface area contributed by atoms with E-state index in [9.17, 15) is 9.59 Å². The maximum absolute atomic E-state index is 13.1. The molecular formula is C18H24ClN3O2S. The molecule has 2 saturated heterocycles. The zero-order valence-electron chi connectivity index (χ0n) is 14.5. The van der Waals surface area contributed by atoms with Crippen molar-refractivity contribution in [1.29, 1.82) is 0 Å². The van der Waals surface area contributed by atoms with Gasteiger partial charge in [-0.05, 0) is 36.8 Å². The smallest absolute Gasteiger partial charge is 0.255 e. The summed E-state index contributed by atoms with van der Waals surface area (Å²) < 4.78 is 0. The van der Waals surface area contributed by atoms with Crippen LogP contribution >= 0.6 is 23.4 Å². The summed E-state index contributed by atoms with van der Waals surface area (Å²) in [6.45, 7) is 5.35. The highest BCUT2D eigenvalue weighted by Crippen LogP contribution is 2.28. The van der Waals surface area contributed by atoms with Gasteiger partial charge in [0.1, 0.15) is 0 Å². The minimum Gasteiger partial charge on any atom is -0.337 e. The fraction of sp³-hybridized carbons (Fsp3) is 0.556. The van der Waals surface area contributed by atoms with Crippen LogP contribution in [0.5, 0.6) is 0 Å². The SMILES string of the molecule is CCSc1ccc(Cl)cc1C(=O)N1CCCC(N2CCNCC2=O)C1. The van der Waals surface area contributed by atoms with Crippen molar-refractivity contribution in [3.8, 4) is 0 Å². The summed E-state index contributed by atoms with van der Waals surface area (Å²) in [4.78, 5) is 30.1. The van der Waals surface area contributed by atoms with Gasteiger partial charge in [-0.2, -0.15) is 0 Å². The summed E-state index contributed by atoms with van der Waals surface area (Å²) in [6.07, 6.45) is 1.88. The highest BCUT2D eigenvalue weighted by Gasteiger charge is 2.32. The number of thioether (sulfide) groups is 1.